The van der Waals surface area contributed by atoms with Crippen molar-refractivity contribution < 1.29 is 14.3 Å². The molecule has 0 spiro atoms. The van der Waals surface area contributed by atoms with Crippen molar-refractivity contribution in [2.75, 3.05) is 32.8 Å². The summed E-state index contributed by atoms with van der Waals surface area (Å²) < 4.78 is 10.8. The van der Waals surface area contributed by atoms with Crippen molar-refractivity contribution in [3.63, 3.8) is 0 Å². The molecule has 148 valence electrons. The molecule has 1 aliphatic rings. The van der Waals surface area contributed by atoms with Crippen LogP contribution in [0.1, 0.15) is 51.7 Å². The Labute approximate surface area is 157 Å². The quantitative estimate of drug-likeness (QED) is 0.415. The number of furan rings is 1. The van der Waals surface area contributed by atoms with Gasteiger partial charge in [-0.1, -0.05) is 26.7 Å². The lowest BCUT2D eigenvalue weighted by atomic mass is 9.93. The van der Waals surface area contributed by atoms with Gasteiger partial charge in [0.2, 0.25) is 0 Å². The van der Waals surface area contributed by atoms with E-state index in [1.54, 1.807) is 6.26 Å². The maximum atomic E-state index is 10.8. The lowest BCUT2D eigenvalue weighted by Gasteiger charge is -2.26. The van der Waals surface area contributed by atoms with Gasteiger partial charge in [-0.15, -0.1) is 0 Å². The van der Waals surface area contributed by atoms with Crippen LogP contribution >= 0.6 is 0 Å². The number of aliphatic imine (C=N–C) groups is 1. The molecule has 1 saturated heterocycles. The van der Waals surface area contributed by atoms with Crippen LogP contribution in [0.25, 0.3) is 0 Å². The highest BCUT2D eigenvalue weighted by atomic mass is 16.5. The lowest BCUT2D eigenvalue weighted by Crippen LogP contribution is -2.42. The van der Waals surface area contributed by atoms with E-state index in [9.17, 15) is 5.11 Å². The number of hydrogen-bond acceptors (Lipinski definition) is 4. The Kier molecular flexibility index (Phi) is 8.98. The minimum atomic E-state index is -0.713. The highest BCUT2D eigenvalue weighted by Gasteiger charge is 2.24. The van der Waals surface area contributed by atoms with Crippen molar-refractivity contribution >= 4 is 5.96 Å². The SMILES string of the molecule is CCCC(O)(CCC)CN=C(NCCc1ccco1)NCC1CCOC1. The Morgan fingerprint density at radius 3 is 2.73 bits per heavy atom. The van der Waals surface area contributed by atoms with Gasteiger partial charge in [-0.05, 0) is 31.4 Å². The van der Waals surface area contributed by atoms with Gasteiger partial charge in [0, 0.05) is 32.0 Å². The third-order valence-electron chi connectivity index (χ3n) is 4.79. The molecule has 0 aromatic carbocycles. The molecule has 1 aromatic rings. The summed E-state index contributed by atoms with van der Waals surface area (Å²) in [7, 11) is 0. The zero-order chi connectivity index (χ0) is 18.7. The van der Waals surface area contributed by atoms with Crippen LogP contribution in [0, 0.1) is 5.92 Å². The van der Waals surface area contributed by atoms with Crippen LogP contribution < -0.4 is 10.6 Å². The monoisotopic (exact) mass is 365 g/mol. The summed E-state index contributed by atoms with van der Waals surface area (Å²) in [6, 6.07) is 3.88. The minimum absolute atomic E-state index is 0.423. The van der Waals surface area contributed by atoms with Gasteiger partial charge < -0.3 is 24.9 Å². The van der Waals surface area contributed by atoms with Gasteiger partial charge in [0.05, 0.1) is 25.0 Å². The Morgan fingerprint density at radius 2 is 2.12 bits per heavy atom. The fourth-order valence-electron chi connectivity index (χ4n) is 3.36. The third-order valence-corrected chi connectivity index (χ3v) is 4.79. The average Bonchev–Trinajstić information content (AvgIpc) is 3.31. The first kappa shape index (κ1) is 20.8. The van der Waals surface area contributed by atoms with Crippen LogP contribution in [0.15, 0.2) is 27.8 Å². The summed E-state index contributed by atoms with van der Waals surface area (Å²) in [6.07, 6.45) is 7.05. The Hall–Kier alpha value is -1.53. The van der Waals surface area contributed by atoms with E-state index in [-0.39, 0.29) is 0 Å². The minimum Gasteiger partial charge on any atom is -0.469 e. The molecule has 1 fully saturated rings. The zero-order valence-corrected chi connectivity index (χ0v) is 16.3. The van der Waals surface area contributed by atoms with Crippen molar-refractivity contribution in [2.45, 2.75) is 58.0 Å². The van der Waals surface area contributed by atoms with Crippen LogP contribution in [0.2, 0.25) is 0 Å². The molecular weight excluding hydrogens is 330 g/mol. The number of hydrogen-bond donors (Lipinski definition) is 3. The normalized spacial score (nSPS) is 18.3. The van der Waals surface area contributed by atoms with Crippen LogP contribution in [-0.4, -0.2) is 49.5 Å². The number of aliphatic hydroxyl groups is 1. The van der Waals surface area contributed by atoms with E-state index >= 15 is 0 Å². The maximum absolute atomic E-state index is 10.8. The number of rotatable bonds is 11. The van der Waals surface area contributed by atoms with E-state index in [0.717, 1.165) is 76.5 Å². The second-order valence-corrected chi connectivity index (χ2v) is 7.26. The molecule has 1 atom stereocenters. The van der Waals surface area contributed by atoms with Crippen LogP contribution in [0.3, 0.4) is 0 Å². The van der Waals surface area contributed by atoms with Crippen molar-refractivity contribution in [1.82, 2.24) is 10.6 Å². The molecular formula is C20H35N3O3. The predicted molar refractivity (Wildman–Crippen MR) is 104 cm³/mol. The van der Waals surface area contributed by atoms with Gasteiger partial charge in [0.25, 0.3) is 0 Å². The number of nitrogens with one attached hydrogen (secondary N) is 2. The smallest absolute Gasteiger partial charge is 0.191 e. The molecule has 6 nitrogen and oxygen atoms in total. The van der Waals surface area contributed by atoms with Crippen molar-refractivity contribution in [3.8, 4) is 0 Å². The van der Waals surface area contributed by atoms with E-state index in [1.807, 2.05) is 12.1 Å². The molecule has 0 radical (unpaired) electrons. The summed E-state index contributed by atoms with van der Waals surface area (Å²) in [4.78, 5) is 4.69. The lowest BCUT2D eigenvalue weighted by molar-refractivity contribution is 0.0306. The zero-order valence-electron chi connectivity index (χ0n) is 16.3. The van der Waals surface area contributed by atoms with Gasteiger partial charge >= 0.3 is 0 Å². The Balaban J connectivity index is 1.90. The molecule has 3 N–H and O–H groups in total. The Bertz CT molecular complexity index is 504. The molecule has 0 saturated carbocycles. The van der Waals surface area contributed by atoms with Gasteiger partial charge in [-0.25, -0.2) is 0 Å². The molecule has 1 aromatic heterocycles. The van der Waals surface area contributed by atoms with Crippen molar-refractivity contribution in [3.05, 3.63) is 24.2 Å². The standard InChI is InChI=1S/C20H35N3O3/c1-3-9-20(24,10-4-2)16-23-19(22-14-17-8-13-25-15-17)21-11-7-18-6-5-12-26-18/h5-6,12,17,24H,3-4,7-11,13-16H2,1-2H3,(H2,21,22,23). The number of nitrogens with zero attached hydrogens (tertiary/aromatic N) is 1. The maximum Gasteiger partial charge on any atom is 0.191 e. The van der Waals surface area contributed by atoms with Gasteiger partial charge in [-0.2, -0.15) is 0 Å². The second-order valence-electron chi connectivity index (χ2n) is 7.26. The highest BCUT2D eigenvalue weighted by Crippen LogP contribution is 2.20. The van der Waals surface area contributed by atoms with Crippen LogP contribution in [-0.2, 0) is 11.2 Å². The fraction of sp³-hybridized carbons (Fsp3) is 0.750. The third kappa shape index (κ3) is 7.38. The first-order chi connectivity index (χ1) is 12.6. The van der Waals surface area contributed by atoms with Gasteiger partial charge in [0.15, 0.2) is 5.96 Å². The average molecular weight is 366 g/mol. The summed E-state index contributed by atoms with van der Waals surface area (Å²) in [5.41, 5.74) is -0.713. The van der Waals surface area contributed by atoms with Gasteiger partial charge in [-0.3, -0.25) is 4.99 Å². The van der Waals surface area contributed by atoms with E-state index in [0.29, 0.717) is 12.5 Å². The van der Waals surface area contributed by atoms with E-state index < -0.39 is 5.60 Å². The molecule has 2 heterocycles. The highest BCUT2D eigenvalue weighted by molar-refractivity contribution is 5.79. The fourth-order valence-corrected chi connectivity index (χ4v) is 3.36. The molecule has 1 unspecified atom stereocenters. The summed E-state index contributed by atoms with van der Waals surface area (Å²) in [5, 5.41) is 17.6. The predicted octanol–water partition coefficient (Wildman–Crippen LogP) is 2.73. The van der Waals surface area contributed by atoms with Gasteiger partial charge in [0.1, 0.15) is 5.76 Å². The Morgan fingerprint density at radius 1 is 1.31 bits per heavy atom. The van der Waals surface area contributed by atoms with Crippen molar-refractivity contribution in [2.24, 2.45) is 10.9 Å². The summed E-state index contributed by atoms with van der Waals surface area (Å²) in [5.74, 6) is 2.24. The molecule has 0 amide bonds. The van der Waals surface area contributed by atoms with E-state index in [1.165, 1.54) is 0 Å². The summed E-state index contributed by atoms with van der Waals surface area (Å²) >= 11 is 0. The molecule has 0 bridgehead atoms. The first-order valence-corrected chi connectivity index (χ1v) is 10.00. The second kappa shape index (κ2) is 11.2. The molecule has 1 aliphatic heterocycles. The molecule has 2 rings (SSSR count). The molecule has 26 heavy (non-hydrogen) atoms. The molecule has 6 heteroatoms. The van der Waals surface area contributed by atoms with E-state index in [2.05, 4.69) is 29.5 Å². The van der Waals surface area contributed by atoms with Crippen LogP contribution in [0.4, 0.5) is 0 Å². The first-order valence-electron chi connectivity index (χ1n) is 10.00. The summed E-state index contributed by atoms with van der Waals surface area (Å²) in [6.45, 7) is 7.86. The van der Waals surface area contributed by atoms with Crippen molar-refractivity contribution in [1.29, 1.82) is 0 Å². The van der Waals surface area contributed by atoms with Crippen LogP contribution in [0.5, 0.6) is 0 Å². The molecule has 0 aliphatic carbocycles. The van der Waals surface area contributed by atoms with E-state index in [4.69, 9.17) is 9.15 Å². The largest absolute Gasteiger partial charge is 0.469 e. The number of guanidine groups is 1. The topological polar surface area (TPSA) is 79.0 Å². The number of ether oxygens (including phenoxy) is 1.